The van der Waals surface area contributed by atoms with Gasteiger partial charge < -0.3 is 0 Å². The van der Waals surface area contributed by atoms with Gasteiger partial charge in [0.1, 0.15) is 5.78 Å². The number of rotatable bonds is 4. The lowest BCUT2D eigenvalue weighted by atomic mass is 9.86. The normalized spacial score (nSPS) is 24.7. The van der Waals surface area contributed by atoms with E-state index < -0.39 is 8.07 Å². The highest BCUT2D eigenvalue weighted by Gasteiger charge is 2.32. The molecular formula is C17H28OSi. The van der Waals surface area contributed by atoms with E-state index in [4.69, 9.17) is 0 Å². The Hall–Kier alpha value is -0.633. The number of Topliss-reactive ketones (excluding diaryl/α,β-unsaturated/α-hetero) is 1. The van der Waals surface area contributed by atoms with Crippen LogP contribution in [0.2, 0.25) is 19.6 Å². The first-order chi connectivity index (χ1) is 8.98. The van der Waals surface area contributed by atoms with E-state index in [9.17, 15) is 4.79 Å². The maximum Gasteiger partial charge on any atom is 0.143 e. The van der Waals surface area contributed by atoms with Gasteiger partial charge in [-0.3, -0.25) is 4.79 Å². The summed E-state index contributed by atoms with van der Waals surface area (Å²) < 4.78 is 0. The number of ketones is 1. The second-order valence-electron chi connectivity index (χ2n) is 7.14. The van der Waals surface area contributed by atoms with Crippen LogP contribution < -0.4 is 0 Å². The summed E-state index contributed by atoms with van der Waals surface area (Å²) in [6.45, 7) is 7.14. The van der Waals surface area contributed by atoms with Crippen LogP contribution in [0.4, 0.5) is 0 Å². The highest BCUT2D eigenvalue weighted by Crippen LogP contribution is 2.34. The molecule has 0 spiro atoms. The third kappa shape index (κ3) is 3.91. The van der Waals surface area contributed by atoms with E-state index in [1.165, 1.54) is 42.9 Å². The Labute approximate surface area is 119 Å². The fraction of sp³-hybridized carbons (Fsp3) is 0.706. The number of allylic oxidation sites excluding steroid dienone is 4. The standard InChI is InChI=1S/C17H28OSi/c1-19(2,3)17-12-8-7-11-15(17)16(18)13-14-9-5-4-6-10-14/h9,12,15H,4-8,10-11,13H2,1-3H3. The zero-order chi connectivity index (χ0) is 13.9. The van der Waals surface area contributed by atoms with E-state index in [0.717, 1.165) is 19.3 Å². The van der Waals surface area contributed by atoms with Crippen molar-refractivity contribution in [2.75, 3.05) is 0 Å². The minimum atomic E-state index is -1.33. The molecule has 0 radical (unpaired) electrons. The largest absolute Gasteiger partial charge is 0.299 e. The minimum absolute atomic E-state index is 0.253. The summed E-state index contributed by atoms with van der Waals surface area (Å²) in [4.78, 5) is 12.7. The Morgan fingerprint density at radius 2 is 1.89 bits per heavy atom. The average molecular weight is 276 g/mol. The van der Waals surface area contributed by atoms with Crippen LogP contribution in [-0.4, -0.2) is 13.9 Å². The summed E-state index contributed by atoms with van der Waals surface area (Å²) in [7, 11) is -1.33. The highest BCUT2D eigenvalue weighted by molar-refractivity contribution is 6.83. The summed E-state index contributed by atoms with van der Waals surface area (Å²) in [5.74, 6) is 0.754. The summed E-state index contributed by atoms with van der Waals surface area (Å²) in [6.07, 6.45) is 13.9. The molecule has 0 saturated heterocycles. The monoisotopic (exact) mass is 276 g/mol. The summed E-state index contributed by atoms with van der Waals surface area (Å²) in [5.41, 5.74) is 1.41. The Morgan fingerprint density at radius 3 is 2.53 bits per heavy atom. The molecule has 1 atom stereocenters. The quantitative estimate of drug-likeness (QED) is 0.519. The van der Waals surface area contributed by atoms with E-state index in [0.29, 0.717) is 5.78 Å². The van der Waals surface area contributed by atoms with Gasteiger partial charge in [0.25, 0.3) is 0 Å². The molecule has 0 N–H and O–H groups in total. The summed E-state index contributed by atoms with van der Waals surface area (Å²) in [5, 5.41) is 1.53. The average Bonchev–Trinajstić information content (AvgIpc) is 2.39. The Morgan fingerprint density at radius 1 is 1.16 bits per heavy atom. The molecule has 19 heavy (non-hydrogen) atoms. The predicted molar refractivity (Wildman–Crippen MR) is 84.9 cm³/mol. The van der Waals surface area contributed by atoms with Crippen molar-refractivity contribution in [2.45, 2.75) is 71.0 Å². The second kappa shape index (κ2) is 6.21. The molecule has 0 amide bonds. The van der Waals surface area contributed by atoms with E-state index in [2.05, 4.69) is 31.8 Å². The van der Waals surface area contributed by atoms with Gasteiger partial charge in [0.2, 0.25) is 0 Å². The molecule has 0 bridgehead atoms. The molecule has 0 aliphatic heterocycles. The van der Waals surface area contributed by atoms with Crippen molar-refractivity contribution in [1.29, 1.82) is 0 Å². The minimum Gasteiger partial charge on any atom is -0.299 e. The van der Waals surface area contributed by atoms with Gasteiger partial charge in [0, 0.05) is 12.3 Å². The number of hydrogen-bond donors (Lipinski definition) is 0. The lowest BCUT2D eigenvalue weighted by Crippen LogP contribution is -2.34. The topological polar surface area (TPSA) is 17.1 Å². The summed E-state index contributed by atoms with van der Waals surface area (Å²) >= 11 is 0. The molecule has 0 aromatic rings. The van der Waals surface area contributed by atoms with Gasteiger partial charge in [-0.1, -0.05) is 42.6 Å². The van der Waals surface area contributed by atoms with Gasteiger partial charge in [-0.05, 0) is 44.9 Å². The smallest absolute Gasteiger partial charge is 0.143 e. The van der Waals surface area contributed by atoms with Crippen LogP contribution in [-0.2, 0) is 4.79 Å². The van der Waals surface area contributed by atoms with Gasteiger partial charge in [-0.2, -0.15) is 0 Å². The van der Waals surface area contributed by atoms with E-state index in [1.807, 2.05) is 0 Å². The SMILES string of the molecule is C[Si](C)(C)C1=CCCCC1C(=O)CC1=CCCCC1. The molecule has 0 aromatic carbocycles. The van der Waals surface area contributed by atoms with Gasteiger partial charge in [-0.25, -0.2) is 0 Å². The van der Waals surface area contributed by atoms with Gasteiger partial charge >= 0.3 is 0 Å². The van der Waals surface area contributed by atoms with E-state index >= 15 is 0 Å². The Balaban J connectivity index is 2.06. The molecule has 1 unspecified atom stereocenters. The predicted octanol–water partition coefficient (Wildman–Crippen LogP) is 5.05. The van der Waals surface area contributed by atoms with Crippen LogP contribution in [0.3, 0.4) is 0 Å². The lowest BCUT2D eigenvalue weighted by molar-refractivity contribution is -0.121. The number of carbonyl (C=O) groups is 1. The van der Waals surface area contributed by atoms with Crippen LogP contribution in [0.15, 0.2) is 22.9 Å². The van der Waals surface area contributed by atoms with Crippen LogP contribution in [0, 0.1) is 5.92 Å². The molecule has 2 aliphatic carbocycles. The lowest BCUT2D eigenvalue weighted by Gasteiger charge is -2.32. The van der Waals surface area contributed by atoms with Crippen molar-refractivity contribution >= 4 is 13.9 Å². The first-order valence-electron chi connectivity index (χ1n) is 7.89. The van der Waals surface area contributed by atoms with Crippen LogP contribution in [0.25, 0.3) is 0 Å². The Bertz CT molecular complexity index is 398. The van der Waals surface area contributed by atoms with Crippen molar-refractivity contribution in [1.82, 2.24) is 0 Å². The van der Waals surface area contributed by atoms with Crippen LogP contribution in [0.1, 0.15) is 51.4 Å². The fourth-order valence-electron chi connectivity index (χ4n) is 3.45. The number of carbonyl (C=O) groups excluding carboxylic acids is 1. The van der Waals surface area contributed by atoms with Crippen molar-refractivity contribution in [3.05, 3.63) is 22.9 Å². The Kier molecular flexibility index (Phi) is 4.83. The zero-order valence-electron chi connectivity index (χ0n) is 12.8. The summed E-state index contributed by atoms with van der Waals surface area (Å²) in [6, 6.07) is 0. The zero-order valence-corrected chi connectivity index (χ0v) is 13.8. The van der Waals surface area contributed by atoms with Crippen molar-refractivity contribution < 1.29 is 4.79 Å². The fourth-order valence-corrected chi connectivity index (χ4v) is 5.56. The van der Waals surface area contributed by atoms with Crippen molar-refractivity contribution in [3.63, 3.8) is 0 Å². The van der Waals surface area contributed by atoms with Gasteiger partial charge in [0.15, 0.2) is 0 Å². The molecule has 1 nitrogen and oxygen atoms in total. The third-order valence-corrected chi connectivity index (χ3v) is 6.76. The molecule has 106 valence electrons. The first kappa shape index (κ1) is 14.8. The first-order valence-corrected chi connectivity index (χ1v) is 11.4. The van der Waals surface area contributed by atoms with Crippen molar-refractivity contribution in [3.8, 4) is 0 Å². The van der Waals surface area contributed by atoms with Crippen LogP contribution >= 0.6 is 0 Å². The van der Waals surface area contributed by atoms with Crippen molar-refractivity contribution in [2.24, 2.45) is 5.92 Å². The van der Waals surface area contributed by atoms with Crippen LogP contribution in [0.5, 0.6) is 0 Å². The van der Waals surface area contributed by atoms with Gasteiger partial charge in [-0.15, -0.1) is 0 Å². The number of hydrogen-bond acceptors (Lipinski definition) is 1. The van der Waals surface area contributed by atoms with E-state index in [1.54, 1.807) is 0 Å². The maximum atomic E-state index is 12.7. The molecule has 2 rings (SSSR count). The third-order valence-electron chi connectivity index (χ3n) is 4.48. The second-order valence-corrected chi connectivity index (χ2v) is 12.2. The highest BCUT2D eigenvalue weighted by atomic mass is 28.3. The van der Waals surface area contributed by atoms with Gasteiger partial charge in [0.05, 0.1) is 8.07 Å². The van der Waals surface area contributed by atoms with E-state index in [-0.39, 0.29) is 5.92 Å². The maximum absolute atomic E-state index is 12.7. The molecule has 0 aromatic heterocycles. The molecule has 2 aliphatic rings. The molecule has 0 heterocycles. The molecule has 2 heteroatoms. The molecule has 0 saturated carbocycles. The molecule has 0 fully saturated rings. The molecular weight excluding hydrogens is 248 g/mol.